The van der Waals surface area contributed by atoms with Crippen molar-refractivity contribution >= 4 is 46.7 Å². The summed E-state index contributed by atoms with van der Waals surface area (Å²) in [7, 11) is 3.39. The fraction of sp³-hybridized carbons (Fsp3) is 0.238. The highest BCUT2D eigenvalue weighted by molar-refractivity contribution is 14.0. The van der Waals surface area contributed by atoms with E-state index in [0.29, 0.717) is 12.1 Å². The highest BCUT2D eigenvalue weighted by Crippen LogP contribution is 2.14. The molecular formula is C21H26IN5O. The van der Waals surface area contributed by atoms with Crippen molar-refractivity contribution in [2.45, 2.75) is 13.0 Å². The Balaban J connectivity index is 0.00000280. The van der Waals surface area contributed by atoms with Gasteiger partial charge in [0.1, 0.15) is 0 Å². The summed E-state index contributed by atoms with van der Waals surface area (Å²) < 4.78 is 0. The summed E-state index contributed by atoms with van der Waals surface area (Å²) in [6, 6.07) is 18.0. The van der Waals surface area contributed by atoms with Gasteiger partial charge in [0.05, 0.1) is 6.54 Å². The number of hydrogen-bond donors (Lipinski definition) is 4. The van der Waals surface area contributed by atoms with Crippen LogP contribution >= 0.6 is 24.0 Å². The van der Waals surface area contributed by atoms with Crippen LogP contribution in [-0.4, -0.2) is 37.5 Å². The fourth-order valence-corrected chi connectivity index (χ4v) is 2.97. The number of fused-ring (bicyclic) bond motifs is 1. The summed E-state index contributed by atoms with van der Waals surface area (Å²) in [6.07, 6.45) is 0.803. The van der Waals surface area contributed by atoms with E-state index in [2.05, 4.69) is 44.1 Å². The molecule has 28 heavy (non-hydrogen) atoms. The minimum absolute atomic E-state index is 0. The van der Waals surface area contributed by atoms with Gasteiger partial charge in [-0.3, -0.25) is 9.79 Å². The normalized spacial score (nSPS) is 11.0. The predicted octanol–water partition coefficient (Wildman–Crippen LogP) is 3.05. The minimum atomic E-state index is -0.0689. The molecule has 2 aromatic carbocycles. The summed E-state index contributed by atoms with van der Waals surface area (Å²) in [5.41, 5.74) is 4.02. The molecule has 3 aromatic rings. The van der Waals surface area contributed by atoms with Gasteiger partial charge >= 0.3 is 0 Å². The van der Waals surface area contributed by atoms with Crippen molar-refractivity contribution in [1.29, 1.82) is 0 Å². The zero-order chi connectivity index (χ0) is 19.1. The van der Waals surface area contributed by atoms with E-state index in [9.17, 15) is 4.79 Å². The maximum atomic E-state index is 11.7. The van der Waals surface area contributed by atoms with Crippen LogP contribution in [0.2, 0.25) is 0 Å². The van der Waals surface area contributed by atoms with Crippen LogP contribution in [0.4, 0.5) is 0 Å². The van der Waals surface area contributed by atoms with Crippen LogP contribution in [0.1, 0.15) is 21.6 Å². The number of carbonyl (C=O) groups excluding carboxylic acids is 1. The number of amides is 1. The number of aromatic nitrogens is 1. The number of aromatic amines is 1. The van der Waals surface area contributed by atoms with Gasteiger partial charge in [-0.1, -0.05) is 30.3 Å². The van der Waals surface area contributed by atoms with E-state index in [0.717, 1.165) is 35.7 Å². The number of benzene rings is 2. The van der Waals surface area contributed by atoms with Crippen LogP contribution in [-0.2, 0) is 13.0 Å². The topological polar surface area (TPSA) is 81.3 Å². The largest absolute Gasteiger partial charge is 0.357 e. The number of H-pyrrole nitrogens is 1. The maximum Gasteiger partial charge on any atom is 0.251 e. The molecule has 7 heteroatoms. The molecule has 0 radical (unpaired) electrons. The van der Waals surface area contributed by atoms with E-state index in [4.69, 9.17) is 0 Å². The Labute approximate surface area is 182 Å². The van der Waals surface area contributed by atoms with Crippen molar-refractivity contribution in [1.82, 2.24) is 20.9 Å². The molecule has 6 nitrogen and oxygen atoms in total. The zero-order valence-electron chi connectivity index (χ0n) is 16.1. The third-order valence-electron chi connectivity index (χ3n) is 4.38. The summed E-state index contributed by atoms with van der Waals surface area (Å²) >= 11 is 0. The van der Waals surface area contributed by atoms with Crippen molar-refractivity contribution in [3.63, 3.8) is 0 Å². The Morgan fingerprint density at radius 2 is 1.89 bits per heavy atom. The van der Waals surface area contributed by atoms with Crippen LogP contribution in [0.15, 0.2) is 59.6 Å². The fourth-order valence-electron chi connectivity index (χ4n) is 2.97. The van der Waals surface area contributed by atoms with Gasteiger partial charge in [-0.05, 0) is 41.6 Å². The Bertz CT molecular complexity index is 918. The molecule has 0 atom stereocenters. The molecule has 0 aliphatic heterocycles. The quantitative estimate of drug-likeness (QED) is 0.243. The first-order chi connectivity index (χ1) is 13.2. The maximum absolute atomic E-state index is 11.7. The number of carbonyl (C=O) groups is 1. The Kier molecular flexibility index (Phi) is 8.31. The summed E-state index contributed by atoms with van der Waals surface area (Å²) in [6.45, 7) is 1.39. The number of hydrogen-bond acceptors (Lipinski definition) is 2. The highest BCUT2D eigenvalue weighted by Gasteiger charge is 2.05. The first-order valence-electron chi connectivity index (χ1n) is 9.02. The van der Waals surface area contributed by atoms with E-state index in [-0.39, 0.29) is 29.9 Å². The molecule has 1 aromatic heterocycles. The lowest BCUT2D eigenvalue weighted by molar-refractivity contribution is 0.0963. The standard InChI is InChI=1S/C21H25N5O.HI/c1-22-20(27)17-8-5-6-15(12-17)10-11-24-21(23-2)25-14-18-13-16-7-3-4-9-19(16)26-18;/h3-9,12-13,26H,10-11,14H2,1-2H3,(H,22,27)(H2,23,24,25);1H. The average molecular weight is 491 g/mol. The van der Waals surface area contributed by atoms with E-state index >= 15 is 0 Å². The lowest BCUT2D eigenvalue weighted by Crippen LogP contribution is -2.37. The summed E-state index contributed by atoms with van der Waals surface area (Å²) in [5, 5.41) is 10.5. The van der Waals surface area contributed by atoms with Crippen molar-refractivity contribution in [2.75, 3.05) is 20.6 Å². The van der Waals surface area contributed by atoms with Gasteiger partial charge in [-0.2, -0.15) is 0 Å². The number of para-hydroxylation sites is 1. The second-order valence-corrected chi connectivity index (χ2v) is 6.26. The molecule has 0 bridgehead atoms. The first kappa shape index (κ1) is 21.7. The molecule has 0 unspecified atom stereocenters. The third kappa shape index (κ3) is 5.72. The Morgan fingerprint density at radius 3 is 2.64 bits per heavy atom. The molecule has 1 heterocycles. The number of rotatable bonds is 6. The molecule has 0 spiro atoms. The van der Waals surface area contributed by atoms with Gasteiger partial charge in [0.25, 0.3) is 5.91 Å². The van der Waals surface area contributed by atoms with Crippen LogP contribution < -0.4 is 16.0 Å². The molecular weight excluding hydrogens is 465 g/mol. The van der Waals surface area contributed by atoms with Crippen LogP contribution in [0.3, 0.4) is 0 Å². The lowest BCUT2D eigenvalue weighted by atomic mass is 10.1. The van der Waals surface area contributed by atoms with Gasteiger partial charge in [0.15, 0.2) is 5.96 Å². The van der Waals surface area contributed by atoms with E-state index in [1.165, 1.54) is 5.39 Å². The molecule has 0 aliphatic rings. The van der Waals surface area contributed by atoms with E-state index < -0.39 is 0 Å². The average Bonchev–Trinajstić information content (AvgIpc) is 3.13. The summed E-state index contributed by atoms with van der Waals surface area (Å²) in [5.74, 6) is 0.678. The van der Waals surface area contributed by atoms with Crippen LogP contribution in [0.25, 0.3) is 10.9 Å². The lowest BCUT2D eigenvalue weighted by Gasteiger charge is -2.11. The van der Waals surface area contributed by atoms with Gasteiger partial charge in [-0.15, -0.1) is 24.0 Å². The Hall–Kier alpha value is -2.55. The van der Waals surface area contributed by atoms with Gasteiger partial charge in [0.2, 0.25) is 0 Å². The monoisotopic (exact) mass is 491 g/mol. The minimum Gasteiger partial charge on any atom is -0.357 e. The van der Waals surface area contributed by atoms with Crippen molar-refractivity contribution < 1.29 is 4.79 Å². The van der Waals surface area contributed by atoms with Crippen molar-refractivity contribution in [3.8, 4) is 0 Å². The zero-order valence-corrected chi connectivity index (χ0v) is 18.4. The number of nitrogens with one attached hydrogen (secondary N) is 4. The smallest absolute Gasteiger partial charge is 0.251 e. The summed E-state index contributed by atoms with van der Waals surface area (Å²) in [4.78, 5) is 19.4. The molecule has 148 valence electrons. The Morgan fingerprint density at radius 1 is 1.07 bits per heavy atom. The first-order valence-corrected chi connectivity index (χ1v) is 9.02. The molecule has 1 amide bonds. The predicted molar refractivity (Wildman–Crippen MR) is 125 cm³/mol. The highest BCUT2D eigenvalue weighted by atomic mass is 127. The van der Waals surface area contributed by atoms with Crippen molar-refractivity contribution in [2.24, 2.45) is 4.99 Å². The number of guanidine groups is 1. The van der Waals surface area contributed by atoms with Crippen LogP contribution in [0.5, 0.6) is 0 Å². The van der Waals surface area contributed by atoms with E-state index in [1.807, 2.05) is 36.4 Å². The van der Waals surface area contributed by atoms with Gasteiger partial charge in [0, 0.05) is 37.4 Å². The van der Waals surface area contributed by atoms with E-state index in [1.54, 1.807) is 14.1 Å². The molecule has 0 saturated carbocycles. The molecule has 0 saturated heterocycles. The molecule has 3 rings (SSSR count). The number of nitrogens with zero attached hydrogens (tertiary/aromatic N) is 1. The second-order valence-electron chi connectivity index (χ2n) is 6.26. The second kappa shape index (κ2) is 10.7. The van der Waals surface area contributed by atoms with Crippen LogP contribution in [0, 0.1) is 0 Å². The van der Waals surface area contributed by atoms with Gasteiger partial charge < -0.3 is 20.9 Å². The van der Waals surface area contributed by atoms with Gasteiger partial charge in [-0.25, -0.2) is 0 Å². The molecule has 4 N–H and O–H groups in total. The molecule has 0 aliphatic carbocycles. The third-order valence-corrected chi connectivity index (χ3v) is 4.38. The van der Waals surface area contributed by atoms with Crippen molar-refractivity contribution in [3.05, 3.63) is 71.4 Å². The number of aliphatic imine (C=N–C) groups is 1. The molecule has 0 fully saturated rings. The number of halogens is 1. The SMILES string of the molecule is CN=C(NCCc1cccc(C(=O)NC)c1)NCc1cc2ccccc2[nH]1.I.